The van der Waals surface area contributed by atoms with Gasteiger partial charge in [0.2, 0.25) is 0 Å². The Morgan fingerprint density at radius 1 is 0.917 bits per heavy atom. The van der Waals surface area contributed by atoms with Crippen LogP contribution in [0.3, 0.4) is 0 Å². The predicted molar refractivity (Wildman–Crippen MR) is 54.4 cm³/mol. The van der Waals surface area contributed by atoms with Crippen molar-refractivity contribution in [3.63, 3.8) is 0 Å². The van der Waals surface area contributed by atoms with Crippen molar-refractivity contribution in [2.45, 2.75) is 57.9 Å². The molecule has 1 saturated heterocycles. The smallest absolute Gasteiger partial charge is 0.00638 e. The summed E-state index contributed by atoms with van der Waals surface area (Å²) >= 11 is 0. The lowest BCUT2D eigenvalue weighted by Gasteiger charge is -2.25. The first kappa shape index (κ1) is 10.0. The van der Waals surface area contributed by atoms with Crippen molar-refractivity contribution >= 4 is 0 Å². The van der Waals surface area contributed by atoms with Gasteiger partial charge in [0.05, 0.1) is 0 Å². The summed E-state index contributed by atoms with van der Waals surface area (Å²) in [5.41, 5.74) is 0. The number of nitrogens with zero attached hydrogens (tertiary/aromatic N) is 1. The fraction of sp³-hybridized carbons (Fsp3) is 1.00. The zero-order valence-electron chi connectivity index (χ0n) is 8.68. The lowest BCUT2D eigenvalue weighted by atomic mass is 10.0. The summed E-state index contributed by atoms with van der Waals surface area (Å²) in [4.78, 5) is 2.52. The maximum Gasteiger partial charge on any atom is 0.00638 e. The molecule has 0 bridgehead atoms. The first-order valence-corrected chi connectivity index (χ1v) is 5.51. The summed E-state index contributed by atoms with van der Waals surface area (Å²) in [6.07, 6.45) is 10.1. The summed E-state index contributed by atoms with van der Waals surface area (Å²) in [5.74, 6) is 0. The SMILES string of the molecule is CC1CCCCCCCCN1C. The molecule has 0 saturated carbocycles. The molecule has 0 aromatic carbocycles. The Morgan fingerprint density at radius 2 is 1.50 bits per heavy atom. The Labute approximate surface area is 77.1 Å². The van der Waals surface area contributed by atoms with Crippen molar-refractivity contribution in [2.75, 3.05) is 13.6 Å². The topological polar surface area (TPSA) is 3.24 Å². The Balaban J connectivity index is 2.26. The second-order valence-electron chi connectivity index (χ2n) is 4.24. The van der Waals surface area contributed by atoms with E-state index in [9.17, 15) is 0 Å². The van der Waals surface area contributed by atoms with Crippen molar-refractivity contribution < 1.29 is 0 Å². The van der Waals surface area contributed by atoms with Crippen LogP contribution in [0.4, 0.5) is 0 Å². The molecule has 1 aliphatic rings. The van der Waals surface area contributed by atoms with E-state index in [1.165, 1.54) is 51.5 Å². The van der Waals surface area contributed by atoms with Crippen molar-refractivity contribution in [1.29, 1.82) is 0 Å². The molecule has 0 aromatic rings. The van der Waals surface area contributed by atoms with Gasteiger partial charge in [0.25, 0.3) is 0 Å². The fourth-order valence-corrected chi connectivity index (χ4v) is 1.95. The minimum absolute atomic E-state index is 0.808. The molecule has 1 nitrogen and oxygen atoms in total. The quantitative estimate of drug-likeness (QED) is 0.539. The zero-order valence-corrected chi connectivity index (χ0v) is 8.68. The summed E-state index contributed by atoms with van der Waals surface area (Å²) in [6.45, 7) is 3.67. The van der Waals surface area contributed by atoms with E-state index in [1.807, 2.05) is 0 Å². The Morgan fingerprint density at radius 3 is 2.25 bits per heavy atom. The molecule has 1 heteroatoms. The molecular formula is C11H23N. The van der Waals surface area contributed by atoms with E-state index in [1.54, 1.807) is 0 Å². The van der Waals surface area contributed by atoms with E-state index in [0.29, 0.717) is 0 Å². The molecule has 1 heterocycles. The van der Waals surface area contributed by atoms with Gasteiger partial charge in [0.15, 0.2) is 0 Å². The first-order chi connectivity index (χ1) is 5.80. The Kier molecular flexibility index (Phi) is 4.67. The van der Waals surface area contributed by atoms with Gasteiger partial charge in [-0.15, -0.1) is 0 Å². The number of rotatable bonds is 0. The third kappa shape index (κ3) is 3.57. The highest BCUT2D eigenvalue weighted by Crippen LogP contribution is 2.14. The summed E-state index contributed by atoms with van der Waals surface area (Å²) < 4.78 is 0. The predicted octanol–water partition coefficient (Wildman–Crippen LogP) is 3.05. The normalized spacial score (nSPS) is 30.0. The maximum absolute atomic E-state index is 2.52. The summed E-state index contributed by atoms with van der Waals surface area (Å²) in [6, 6.07) is 0.808. The fourth-order valence-electron chi connectivity index (χ4n) is 1.95. The number of hydrogen-bond acceptors (Lipinski definition) is 1. The first-order valence-electron chi connectivity index (χ1n) is 5.51. The average Bonchev–Trinajstić information content (AvgIpc) is 2.08. The standard InChI is InChI=1S/C11H23N/c1-11-9-7-5-3-4-6-8-10-12(11)2/h11H,3-10H2,1-2H3. The van der Waals surface area contributed by atoms with Gasteiger partial charge in [0, 0.05) is 6.04 Å². The molecule has 1 rings (SSSR count). The second-order valence-corrected chi connectivity index (χ2v) is 4.24. The highest BCUT2D eigenvalue weighted by molar-refractivity contribution is 4.65. The van der Waals surface area contributed by atoms with E-state index >= 15 is 0 Å². The van der Waals surface area contributed by atoms with Crippen LogP contribution in [-0.4, -0.2) is 24.5 Å². The van der Waals surface area contributed by atoms with Crippen LogP contribution in [0, 0.1) is 0 Å². The van der Waals surface area contributed by atoms with E-state index < -0.39 is 0 Å². The van der Waals surface area contributed by atoms with E-state index in [4.69, 9.17) is 0 Å². The molecule has 0 radical (unpaired) electrons. The molecule has 1 fully saturated rings. The minimum atomic E-state index is 0.808. The van der Waals surface area contributed by atoms with Crippen LogP contribution >= 0.6 is 0 Å². The highest BCUT2D eigenvalue weighted by atomic mass is 15.1. The van der Waals surface area contributed by atoms with Crippen molar-refractivity contribution in [3.05, 3.63) is 0 Å². The molecule has 0 amide bonds. The van der Waals surface area contributed by atoms with Crippen LogP contribution < -0.4 is 0 Å². The average molecular weight is 169 g/mol. The summed E-state index contributed by atoms with van der Waals surface area (Å²) in [5, 5.41) is 0. The van der Waals surface area contributed by atoms with Crippen molar-refractivity contribution in [2.24, 2.45) is 0 Å². The largest absolute Gasteiger partial charge is 0.304 e. The van der Waals surface area contributed by atoms with E-state index in [-0.39, 0.29) is 0 Å². The van der Waals surface area contributed by atoms with Gasteiger partial charge in [-0.25, -0.2) is 0 Å². The molecule has 1 aliphatic heterocycles. The van der Waals surface area contributed by atoms with Gasteiger partial charge >= 0.3 is 0 Å². The Bertz CT molecular complexity index is 97.6. The minimum Gasteiger partial charge on any atom is -0.304 e. The van der Waals surface area contributed by atoms with Crippen LogP contribution in [0.1, 0.15) is 51.9 Å². The van der Waals surface area contributed by atoms with Crippen LogP contribution in [0.2, 0.25) is 0 Å². The lowest BCUT2D eigenvalue weighted by molar-refractivity contribution is 0.231. The molecule has 0 aliphatic carbocycles. The van der Waals surface area contributed by atoms with Gasteiger partial charge in [-0.1, -0.05) is 32.1 Å². The highest BCUT2D eigenvalue weighted by Gasteiger charge is 2.09. The van der Waals surface area contributed by atoms with Crippen molar-refractivity contribution in [3.8, 4) is 0 Å². The van der Waals surface area contributed by atoms with Crippen LogP contribution in [-0.2, 0) is 0 Å². The third-order valence-corrected chi connectivity index (χ3v) is 3.14. The monoisotopic (exact) mass is 169 g/mol. The van der Waals surface area contributed by atoms with Gasteiger partial charge in [-0.2, -0.15) is 0 Å². The van der Waals surface area contributed by atoms with Gasteiger partial charge < -0.3 is 4.90 Å². The van der Waals surface area contributed by atoms with Crippen LogP contribution in [0.5, 0.6) is 0 Å². The molecule has 1 atom stereocenters. The molecule has 0 N–H and O–H groups in total. The van der Waals surface area contributed by atoms with Crippen LogP contribution in [0.25, 0.3) is 0 Å². The molecule has 0 aromatic heterocycles. The van der Waals surface area contributed by atoms with E-state index in [2.05, 4.69) is 18.9 Å². The van der Waals surface area contributed by atoms with Gasteiger partial charge in [0.1, 0.15) is 0 Å². The zero-order chi connectivity index (χ0) is 8.81. The van der Waals surface area contributed by atoms with Gasteiger partial charge in [-0.3, -0.25) is 0 Å². The number of hydrogen-bond donors (Lipinski definition) is 0. The van der Waals surface area contributed by atoms with Crippen molar-refractivity contribution in [1.82, 2.24) is 4.90 Å². The Hall–Kier alpha value is -0.0400. The second kappa shape index (κ2) is 5.58. The summed E-state index contributed by atoms with van der Waals surface area (Å²) in [7, 11) is 2.27. The lowest BCUT2D eigenvalue weighted by Crippen LogP contribution is -2.30. The molecule has 12 heavy (non-hydrogen) atoms. The van der Waals surface area contributed by atoms with E-state index in [0.717, 1.165) is 6.04 Å². The maximum atomic E-state index is 2.52. The molecule has 0 spiro atoms. The third-order valence-electron chi connectivity index (χ3n) is 3.14. The van der Waals surface area contributed by atoms with Crippen LogP contribution in [0.15, 0.2) is 0 Å². The molecule has 72 valence electrons. The van der Waals surface area contributed by atoms with Gasteiger partial charge in [-0.05, 0) is 33.4 Å². The molecule has 1 unspecified atom stereocenters. The molecular weight excluding hydrogens is 146 g/mol.